The van der Waals surface area contributed by atoms with E-state index in [-0.39, 0.29) is 0 Å². The van der Waals surface area contributed by atoms with Crippen molar-refractivity contribution >= 4 is 0 Å². The molecule has 6 heavy (non-hydrogen) atoms. The van der Waals surface area contributed by atoms with Crippen molar-refractivity contribution in [1.29, 1.82) is 6.69 Å². The van der Waals surface area contributed by atoms with Gasteiger partial charge in [-0.05, 0) is 13.8 Å². The molecule has 0 bridgehead atoms. The molecule has 0 aliphatic rings. The second kappa shape index (κ2) is 1.27. The summed E-state index contributed by atoms with van der Waals surface area (Å²) in [7, 11) is 0. The Hall–Kier alpha value is -0.550. The third kappa shape index (κ3) is 3.45. The van der Waals surface area contributed by atoms with E-state index < -0.39 is 5.60 Å². The van der Waals surface area contributed by atoms with E-state index in [0.29, 0.717) is 0 Å². The lowest BCUT2D eigenvalue weighted by Gasteiger charge is -2.00. The highest BCUT2D eigenvalue weighted by Crippen LogP contribution is 1.93. The predicted octanol–water partition coefficient (Wildman–Crippen LogP) is 0.281. The standard InChI is InChI=1S/C4H7NO/c1-4(2,6)3-5/h6H,1-2H3/i6D. The first-order valence-corrected chi connectivity index (χ1v) is 1.68. The van der Waals surface area contributed by atoms with Gasteiger partial charge in [-0.2, -0.15) is 5.26 Å². The van der Waals surface area contributed by atoms with E-state index in [1.54, 1.807) is 6.07 Å². The minimum atomic E-state index is -0.944. The summed E-state index contributed by atoms with van der Waals surface area (Å²) in [5.41, 5.74) is -0.944. The highest BCUT2D eigenvalue weighted by molar-refractivity contribution is 4.91. The number of nitrogens with zero attached hydrogens (tertiary/aromatic N) is 1. The van der Waals surface area contributed by atoms with Gasteiger partial charge in [0.2, 0.25) is 1.43 Å². The third-order valence-electron chi connectivity index (χ3n) is 0.269. The Morgan fingerprint density at radius 1 is 2.00 bits per heavy atom. The zero-order chi connectivity index (χ0) is 5.91. The molecule has 34 valence electrons. The van der Waals surface area contributed by atoms with Crippen LogP contribution in [0.2, 0.25) is 0 Å². The molecule has 0 aliphatic carbocycles. The Balaban J connectivity index is 3.66. The molecule has 0 aliphatic heterocycles. The van der Waals surface area contributed by atoms with E-state index in [4.69, 9.17) is 6.69 Å². The van der Waals surface area contributed by atoms with E-state index >= 15 is 0 Å². The van der Waals surface area contributed by atoms with Gasteiger partial charge in [0.25, 0.3) is 0 Å². The van der Waals surface area contributed by atoms with Crippen molar-refractivity contribution in [3.63, 3.8) is 0 Å². The maximum absolute atomic E-state index is 8.10. The van der Waals surface area contributed by atoms with Crippen molar-refractivity contribution < 1.29 is 5.11 Å². The largest absolute Gasteiger partial charge is 0.376 e. The SMILES string of the molecule is [2H]OC(C)(C)C#N. The molecule has 0 unspecified atom stereocenters. The first kappa shape index (κ1) is 3.63. The van der Waals surface area contributed by atoms with Crippen LogP contribution in [0.25, 0.3) is 0 Å². The fourth-order valence-electron chi connectivity index (χ4n) is 0. The highest BCUT2D eigenvalue weighted by Gasteiger charge is 2.07. The third-order valence-corrected chi connectivity index (χ3v) is 0.269. The highest BCUT2D eigenvalue weighted by atomic mass is 16.3. The Morgan fingerprint density at radius 2 is 2.50 bits per heavy atom. The summed E-state index contributed by atoms with van der Waals surface area (Å²) >= 11 is 0. The fourth-order valence-corrected chi connectivity index (χ4v) is 0. The fraction of sp³-hybridized carbons (Fsp3) is 0.750. The molecule has 0 atom stereocenters. The predicted molar refractivity (Wildman–Crippen MR) is 21.9 cm³/mol. The number of hydrogen-bond acceptors (Lipinski definition) is 2. The van der Waals surface area contributed by atoms with E-state index in [1.165, 1.54) is 13.8 Å². The molecule has 0 aromatic carbocycles. The van der Waals surface area contributed by atoms with Crippen molar-refractivity contribution in [3.8, 4) is 6.07 Å². The van der Waals surface area contributed by atoms with Crippen molar-refractivity contribution in [1.82, 2.24) is 0 Å². The van der Waals surface area contributed by atoms with Gasteiger partial charge >= 0.3 is 0 Å². The minimum absolute atomic E-state index is 0.944. The van der Waals surface area contributed by atoms with Gasteiger partial charge in [-0.1, -0.05) is 0 Å². The van der Waals surface area contributed by atoms with Crippen LogP contribution in [0.15, 0.2) is 0 Å². The van der Waals surface area contributed by atoms with Crippen LogP contribution in [-0.2, 0) is 0 Å². The summed E-state index contributed by atoms with van der Waals surface area (Å²) in [5.74, 6) is 0. The monoisotopic (exact) mass is 86.1 g/mol. The summed E-state index contributed by atoms with van der Waals surface area (Å²) < 4.78 is 6.28. The van der Waals surface area contributed by atoms with Crippen molar-refractivity contribution in [2.24, 2.45) is 0 Å². The van der Waals surface area contributed by atoms with Gasteiger partial charge in [0.1, 0.15) is 5.60 Å². The van der Waals surface area contributed by atoms with Gasteiger partial charge in [0, 0.05) is 0 Å². The Bertz CT molecular complexity index is 94.4. The van der Waals surface area contributed by atoms with Crippen LogP contribution < -0.4 is 0 Å². The average Bonchev–Trinajstić information content (AvgIpc) is 1.68. The van der Waals surface area contributed by atoms with Crippen molar-refractivity contribution in [2.45, 2.75) is 19.4 Å². The summed E-state index contributed by atoms with van der Waals surface area (Å²) in [4.78, 5) is 0. The van der Waals surface area contributed by atoms with E-state index in [9.17, 15) is 0 Å². The molecule has 0 saturated carbocycles. The first-order valence-electron chi connectivity index (χ1n) is 2.09. The lowest BCUT2D eigenvalue weighted by Crippen LogP contribution is -2.13. The van der Waals surface area contributed by atoms with Crippen molar-refractivity contribution in [3.05, 3.63) is 0 Å². The van der Waals surface area contributed by atoms with Crippen LogP contribution >= 0.6 is 0 Å². The van der Waals surface area contributed by atoms with Gasteiger partial charge in [-0.3, -0.25) is 0 Å². The quantitative estimate of drug-likeness (QED) is 0.466. The summed E-state index contributed by atoms with van der Waals surface area (Å²) in [6.07, 6.45) is 0. The molecule has 0 rings (SSSR count). The number of rotatable bonds is 1. The van der Waals surface area contributed by atoms with Gasteiger partial charge < -0.3 is 5.11 Å². The van der Waals surface area contributed by atoms with E-state index in [0.717, 1.165) is 0 Å². The lowest BCUT2D eigenvalue weighted by molar-refractivity contribution is 0.141. The molecular weight excluding hydrogens is 78.0 g/mol. The Labute approximate surface area is 38.5 Å². The topological polar surface area (TPSA) is 44.0 Å². The van der Waals surface area contributed by atoms with Crippen LogP contribution in [0, 0.1) is 11.3 Å². The second-order valence-electron chi connectivity index (χ2n) is 1.62. The van der Waals surface area contributed by atoms with E-state index in [1.807, 2.05) is 0 Å². The lowest BCUT2D eigenvalue weighted by atomic mass is 10.2. The summed E-state index contributed by atoms with van der Waals surface area (Å²) in [6, 6.07) is 1.78. The number of nitriles is 1. The molecule has 0 amide bonds. The molecule has 2 nitrogen and oxygen atoms in total. The van der Waals surface area contributed by atoms with Gasteiger partial charge in [0.05, 0.1) is 6.07 Å². The second-order valence-corrected chi connectivity index (χ2v) is 1.62. The van der Waals surface area contributed by atoms with Crippen molar-refractivity contribution in [2.75, 3.05) is 0 Å². The zero-order valence-corrected chi connectivity index (χ0v) is 3.86. The Morgan fingerprint density at radius 3 is 2.50 bits per heavy atom. The molecule has 0 heterocycles. The van der Waals surface area contributed by atoms with Crippen LogP contribution in [0.4, 0.5) is 0 Å². The normalized spacial score (nSPS) is 12.5. The van der Waals surface area contributed by atoms with Gasteiger partial charge in [-0.25, -0.2) is 0 Å². The molecular formula is C4H7NO. The molecule has 0 radical (unpaired) electrons. The van der Waals surface area contributed by atoms with Crippen LogP contribution in [0.5, 0.6) is 0 Å². The molecule has 2 heteroatoms. The zero-order valence-electron chi connectivity index (χ0n) is 4.86. The molecule has 0 aromatic rings. The molecule has 1 N–H and O–H groups in total. The molecule has 0 aromatic heterocycles. The Kier molecular flexibility index (Phi) is 0.771. The van der Waals surface area contributed by atoms with E-state index in [2.05, 4.69) is 5.11 Å². The first-order chi connectivity index (χ1) is 3.12. The van der Waals surface area contributed by atoms with Gasteiger partial charge in [0.15, 0.2) is 0 Å². The van der Waals surface area contributed by atoms with Crippen LogP contribution in [0.3, 0.4) is 0 Å². The molecule has 0 saturated heterocycles. The van der Waals surface area contributed by atoms with Gasteiger partial charge in [-0.15, -0.1) is 0 Å². The maximum Gasteiger partial charge on any atom is 0.212 e. The smallest absolute Gasteiger partial charge is 0.212 e. The maximum atomic E-state index is 8.10. The summed E-state index contributed by atoms with van der Waals surface area (Å²) in [6.45, 7) is 3.06. The summed E-state index contributed by atoms with van der Waals surface area (Å²) in [5, 5.41) is 12.1. The minimum Gasteiger partial charge on any atom is -0.376 e. The number of aliphatic hydroxyl groups is 1. The molecule has 0 fully saturated rings. The van der Waals surface area contributed by atoms with Crippen LogP contribution in [-0.4, -0.2) is 12.1 Å². The van der Waals surface area contributed by atoms with Crippen LogP contribution in [0.1, 0.15) is 13.8 Å². The molecule has 0 spiro atoms. The average molecular weight is 86.1 g/mol. The number of hydrogen-bond donors (Lipinski definition) is 1.